The van der Waals surface area contributed by atoms with Gasteiger partial charge in [-0.1, -0.05) is 41.1 Å². The number of hydrogen-bond donors (Lipinski definition) is 1. The maximum atomic E-state index is 4.70. The molecule has 1 N–H and O–H groups in total. The van der Waals surface area contributed by atoms with Crippen molar-refractivity contribution in [1.82, 2.24) is 4.98 Å². The summed E-state index contributed by atoms with van der Waals surface area (Å²) in [6.45, 7) is 4.72. The van der Waals surface area contributed by atoms with Gasteiger partial charge in [0.05, 0.1) is 10.2 Å². The van der Waals surface area contributed by atoms with Crippen LogP contribution in [0, 0.1) is 11.8 Å². The van der Waals surface area contributed by atoms with Crippen LogP contribution >= 0.6 is 27.3 Å². The molecule has 1 aliphatic rings. The van der Waals surface area contributed by atoms with Crippen molar-refractivity contribution in [2.45, 2.75) is 39.2 Å². The lowest BCUT2D eigenvalue weighted by molar-refractivity contribution is 0.281. The van der Waals surface area contributed by atoms with Gasteiger partial charge >= 0.3 is 0 Å². The molecule has 4 heteroatoms. The van der Waals surface area contributed by atoms with Crippen molar-refractivity contribution in [2.24, 2.45) is 11.8 Å². The third kappa shape index (κ3) is 3.11. The zero-order valence-electron chi connectivity index (χ0n) is 11.3. The average Bonchev–Trinajstić information content (AvgIpc) is 2.68. The van der Waals surface area contributed by atoms with Crippen molar-refractivity contribution >= 4 is 42.6 Å². The fraction of sp³-hybridized carbons (Fsp3) is 0.533. The van der Waals surface area contributed by atoms with Gasteiger partial charge in [0, 0.05) is 10.5 Å². The van der Waals surface area contributed by atoms with Crippen molar-refractivity contribution in [3.05, 3.63) is 22.7 Å². The molecule has 1 aromatic heterocycles. The summed E-state index contributed by atoms with van der Waals surface area (Å²) >= 11 is 5.26. The van der Waals surface area contributed by atoms with Gasteiger partial charge in [-0.05, 0) is 49.3 Å². The van der Waals surface area contributed by atoms with E-state index in [0.29, 0.717) is 6.04 Å². The van der Waals surface area contributed by atoms with Crippen molar-refractivity contribution < 1.29 is 0 Å². The highest BCUT2D eigenvalue weighted by molar-refractivity contribution is 9.10. The van der Waals surface area contributed by atoms with Crippen LogP contribution in [0.5, 0.6) is 0 Å². The third-order valence-electron chi connectivity index (χ3n) is 3.86. The van der Waals surface area contributed by atoms with Crippen LogP contribution in [0.1, 0.15) is 33.1 Å². The second kappa shape index (κ2) is 5.41. The van der Waals surface area contributed by atoms with Crippen molar-refractivity contribution in [3.8, 4) is 0 Å². The highest BCUT2D eigenvalue weighted by atomic mass is 79.9. The molecule has 2 nitrogen and oxygen atoms in total. The van der Waals surface area contributed by atoms with E-state index in [1.165, 1.54) is 24.0 Å². The average molecular weight is 339 g/mol. The Bertz CT molecular complexity index is 571. The maximum absolute atomic E-state index is 4.70. The third-order valence-corrected chi connectivity index (χ3v) is 5.32. The Kier molecular flexibility index (Phi) is 3.81. The molecular weight excluding hydrogens is 320 g/mol. The van der Waals surface area contributed by atoms with Gasteiger partial charge in [-0.15, -0.1) is 0 Å². The largest absolute Gasteiger partial charge is 0.359 e. The Morgan fingerprint density at radius 1 is 1.21 bits per heavy atom. The van der Waals surface area contributed by atoms with E-state index in [1.807, 2.05) is 0 Å². The Balaban J connectivity index is 1.77. The summed E-state index contributed by atoms with van der Waals surface area (Å²) in [6.07, 6.45) is 3.90. The molecule has 0 saturated heterocycles. The number of anilines is 1. The van der Waals surface area contributed by atoms with Crippen LogP contribution in [0.2, 0.25) is 0 Å². The number of hydrogen-bond acceptors (Lipinski definition) is 3. The van der Waals surface area contributed by atoms with Crippen LogP contribution in [0.3, 0.4) is 0 Å². The molecule has 0 spiro atoms. The van der Waals surface area contributed by atoms with Gasteiger partial charge in [-0.25, -0.2) is 4.98 Å². The predicted molar refractivity (Wildman–Crippen MR) is 86.9 cm³/mol. The molecule has 1 aliphatic carbocycles. The smallest absolute Gasteiger partial charge is 0.184 e. The van der Waals surface area contributed by atoms with Crippen molar-refractivity contribution in [2.75, 3.05) is 5.32 Å². The molecule has 1 heterocycles. The minimum absolute atomic E-state index is 0.586. The SMILES string of the molecule is CC1CC(C)CC(Nc2nc3cc(Br)ccc3s2)C1. The maximum Gasteiger partial charge on any atom is 0.184 e. The number of nitrogens with zero attached hydrogens (tertiary/aromatic N) is 1. The zero-order valence-corrected chi connectivity index (χ0v) is 13.7. The Labute approximate surface area is 126 Å². The van der Waals surface area contributed by atoms with E-state index in [0.717, 1.165) is 27.0 Å². The molecule has 102 valence electrons. The number of benzene rings is 1. The van der Waals surface area contributed by atoms with Gasteiger partial charge in [-0.2, -0.15) is 0 Å². The molecule has 0 amide bonds. The lowest BCUT2D eigenvalue weighted by Gasteiger charge is -2.31. The van der Waals surface area contributed by atoms with Crippen LogP contribution in [0.25, 0.3) is 10.2 Å². The fourth-order valence-corrected chi connectivity index (χ4v) is 4.47. The van der Waals surface area contributed by atoms with E-state index in [-0.39, 0.29) is 0 Å². The summed E-state index contributed by atoms with van der Waals surface area (Å²) in [5, 5.41) is 4.71. The van der Waals surface area contributed by atoms with E-state index in [2.05, 4.69) is 53.3 Å². The number of thiazole rings is 1. The molecule has 1 aromatic carbocycles. The predicted octanol–water partition coefficient (Wildman–Crippen LogP) is 5.30. The first kappa shape index (κ1) is 13.4. The van der Waals surface area contributed by atoms with Crippen LogP contribution in [0.15, 0.2) is 22.7 Å². The topological polar surface area (TPSA) is 24.9 Å². The summed E-state index contributed by atoms with van der Waals surface area (Å²) < 4.78 is 2.35. The van der Waals surface area contributed by atoms with E-state index >= 15 is 0 Å². The molecule has 0 aliphatic heterocycles. The summed E-state index contributed by atoms with van der Waals surface area (Å²) in [5.74, 6) is 1.65. The molecule has 2 aromatic rings. The lowest BCUT2D eigenvalue weighted by Crippen LogP contribution is -2.30. The number of rotatable bonds is 2. The normalized spacial score (nSPS) is 27.6. The van der Waals surface area contributed by atoms with Gasteiger partial charge in [0.2, 0.25) is 0 Å². The Morgan fingerprint density at radius 3 is 2.68 bits per heavy atom. The minimum Gasteiger partial charge on any atom is -0.359 e. The first-order valence-electron chi connectivity index (χ1n) is 6.93. The summed E-state index contributed by atoms with van der Waals surface area (Å²) in [7, 11) is 0. The van der Waals surface area contributed by atoms with Crippen molar-refractivity contribution in [3.63, 3.8) is 0 Å². The summed E-state index contributed by atoms with van der Waals surface area (Å²) in [4.78, 5) is 4.70. The quantitative estimate of drug-likeness (QED) is 0.803. The monoisotopic (exact) mass is 338 g/mol. The van der Waals surface area contributed by atoms with Crippen molar-refractivity contribution in [1.29, 1.82) is 0 Å². The molecule has 2 unspecified atom stereocenters. The fourth-order valence-electron chi connectivity index (χ4n) is 3.20. The van der Waals surface area contributed by atoms with Gasteiger partial charge in [0.25, 0.3) is 0 Å². The van der Waals surface area contributed by atoms with Crippen LogP contribution in [0.4, 0.5) is 5.13 Å². The van der Waals surface area contributed by atoms with Gasteiger partial charge in [0.1, 0.15) is 0 Å². The first-order chi connectivity index (χ1) is 9.10. The molecular formula is C15H19BrN2S. The summed E-state index contributed by atoms with van der Waals surface area (Å²) in [6, 6.07) is 6.88. The van der Waals surface area contributed by atoms with Gasteiger partial charge in [0.15, 0.2) is 5.13 Å². The standard InChI is InChI=1S/C15H19BrN2S/c1-9-5-10(2)7-12(6-9)17-15-18-13-8-11(16)3-4-14(13)19-15/h3-4,8-10,12H,5-7H2,1-2H3,(H,17,18). The summed E-state index contributed by atoms with van der Waals surface area (Å²) in [5.41, 5.74) is 1.08. The van der Waals surface area contributed by atoms with Crippen LogP contribution < -0.4 is 5.32 Å². The van der Waals surface area contributed by atoms with E-state index in [9.17, 15) is 0 Å². The number of halogens is 1. The number of aromatic nitrogens is 1. The Hall–Kier alpha value is -0.610. The highest BCUT2D eigenvalue weighted by Gasteiger charge is 2.24. The molecule has 19 heavy (non-hydrogen) atoms. The second-order valence-corrected chi connectivity index (χ2v) is 7.84. The van der Waals surface area contributed by atoms with Gasteiger partial charge in [-0.3, -0.25) is 0 Å². The number of nitrogens with one attached hydrogen (secondary N) is 1. The van der Waals surface area contributed by atoms with E-state index < -0.39 is 0 Å². The molecule has 3 rings (SSSR count). The number of fused-ring (bicyclic) bond motifs is 1. The first-order valence-corrected chi connectivity index (χ1v) is 8.53. The molecule has 0 radical (unpaired) electrons. The Morgan fingerprint density at radius 2 is 1.95 bits per heavy atom. The molecule has 1 fully saturated rings. The molecule has 0 bridgehead atoms. The molecule has 2 atom stereocenters. The minimum atomic E-state index is 0.586. The second-order valence-electron chi connectivity index (χ2n) is 5.89. The van der Waals surface area contributed by atoms with Gasteiger partial charge < -0.3 is 5.32 Å². The highest BCUT2D eigenvalue weighted by Crippen LogP contribution is 2.33. The lowest BCUT2D eigenvalue weighted by atomic mass is 9.80. The van der Waals surface area contributed by atoms with E-state index in [1.54, 1.807) is 11.3 Å². The molecule has 1 saturated carbocycles. The van der Waals surface area contributed by atoms with Crippen LogP contribution in [-0.2, 0) is 0 Å². The van der Waals surface area contributed by atoms with Crippen LogP contribution in [-0.4, -0.2) is 11.0 Å². The van der Waals surface area contributed by atoms with E-state index in [4.69, 9.17) is 4.98 Å². The zero-order chi connectivity index (χ0) is 13.4.